The number of methoxy groups -OCH3 is 1. The van der Waals surface area contributed by atoms with Crippen LogP contribution in [0.4, 0.5) is 5.69 Å². The Morgan fingerprint density at radius 1 is 1.48 bits per heavy atom. The minimum atomic E-state index is -3.77. The van der Waals surface area contributed by atoms with E-state index in [2.05, 4.69) is 11.7 Å². The third-order valence-electron chi connectivity index (χ3n) is 3.87. The second-order valence-corrected chi connectivity index (χ2v) is 7.52. The number of anilines is 1. The van der Waals surface area contributed by atoms with Crippen molar-refractivity contribution in [3.63, 3.8) is 0 Å². The zero-order valence-electron chi connectivity index (χ0n) is 12.4. The van der Waals surface area contributed by atoms with Gasteiger partial charge >= 0.3 is 5.97 Å². The standard InChI is InChI=1S/C14H20N2O4S/c1-9-6-10(9)8-16(2)21(18,19)13-7-11(15)4-5-12(13)14(17)20-3/h4-5,7,9-10H,6,8,15H2,1-3H3. The van der Waals surface area contributed by atoms with Crippen molar-refractivity contribution in [2.45, 2.75) is 18.2 Å². The molecule has 0 aliphatic heterocycles. The summed E-state index contributed by atoms with van der Waals surface area (Å²) >= 11 is 0. The summed E-state index contributed by atoms with van der Waals surface area (Å²) in [5.41, 5.74) is 5.96. The highest BCUT2D eigenvalue weighted by Crippen LogP contribution is 2.39. The van der Waals surface area contributed by atoms with Crippen molar-refractivity contribution in [1.29, 1.82) is 0 Å². The van der Waals surface area contributed by atoms with Gasteiger partial charge in [-0.05, 0) is 36.5 Å². The van der Waals surface area contributed by atoms with Gasteiger partial charge in [-0.1, -0.05) is 6.92 Å². The van der Waals surface area contributed by atoms with Crippen LogP contribution in [0.5, 0.6) is 0 Å². The molecule has 2 unspecified atom stereocenters. The van der Waals surface area contributed by atoms with Crippen molar-refractivity contribution in [1.82, 2.24) is 4.31 Å². The predicted molar refractivity (Wildman–Crippen MR) is 79.3 cm³/mol. The molecular formula is C14H20N2O4S. The maximum absolute atomic E-state index is 12.7. The maximum atomic E-state index is 12.7. The van der Waals surface area contributed by atoms with E-state index in [-0.39, 0.29) is 16.1 Å². The number of nitrogens with two attached hydrogens (primary N) is 1. The summed E-state index contributed by atoms with van der Waals surface area (Å²) in [5.74, 6) is 0.234. The van der Waals surface area contributed by atoms with Gasteiger partial charge in [0.05, 0.1) is 17.6 Å². The van der Waals surface area contributed by atoms with Gasteiger partial charge in [-0.25, -0.2) is 17.5 Å². The van der Waals surface area contributed by atoms with Crippen molar-refractivity contribution in [3.8, 4) is 0 Å². The van der Waals surface area contributed by atoms with Crippen LogP contribution >= 0.6 is 0 Å². The van der Waals surface area contributed by atoms with E-state index in [9.17, 15) is 13.2 Å². The van der Waals surface area contributed by atoms with Gasteiger partial charge in [0.1, 0.15) is 0 Å². The first kappa shape index (κ1) is 15.8. The van der Waals surface area contributed by atoms with Crippen LogP contribution in [0.3, 0.4) is 0 Å². The van der Waals surface area contributed by atoms with Crippen molar-refractivity contribution < 1.29 is 17.9 Å². The van der Waals surface area contributed by atoms with Crippen LogP contribution < -0.4 is 5.73 Å². The first-order valence-corrected chi connectivity index (χ1v) is 8.15. The summed E-state index contributed by atoms with van der Waals surface area (Å²) in [5, 5.41) is 0. The van der Waals surface area contributed by atoms with E-state index < -0.39 is 16.0 Å². The number of benzene rings is 1. The highest BCUT2D eigenvalue weighted by atomic mass is 32.2. The van der Waals surface area contributed by atoms with Crippen LogP contribution in [-0.4, -0.2) is 39.4 Å². The Hall–Kier alpha value is -1.60. The average Bonchev–Trinajstić information content (AvgIpc) is 3.13. The molecule has 7 heteroatoms. The van der Waals surface area contributed by atoms with Gasteiger partial charge in [0.15, 0.2) is 0 Å². The van der Waals surface area contributed by atoms with Gasteiger partial charge in [-0.3, -0.25) is 0 Å². The third kappa shape index (κ3) is 3.19. The molecule has 2 rings (SSSR count). The average molecular weight is 312 g/mol. The molecule has 6 nitrogen and oxygen atoms in total. The smallest absolute Gasteiger partial charge is 0.339 e. The molecule has 0 heterocycles. The van der Waals surface area contributed by atoms with Gasteiger partial charge < -0.3 is 10.5 Å². The third-order valence-corrected chi connectivity index (χ3v) is 5.73. The normalized spacial score (nSPS) is 21.3. The van der Waals surface area contributed by atoms with Crippen LogP contribution in [0.1, 0.15) is 23.7 Å². The summed E-state index contributed by atoms with van der Waals surface area (Å²) in [6, 6.07) is 4.16. The molecule has 0 aromatic heterocycles. The van der Waals surface area contributed by atoms with Crippen LogP contribution in [0, 0.1) is 11.8 Å². The van der Waals surface area contributed by atoms with E-state index in [1.165, 1.54) is 36.7 Å². The fraction of sp³-hybridized carbons (Fsp3) is 0.500. The number of hydrogen-bond donors (Lipinski definition) is 1. The molecule has 0 bridgehead atoms. The summed E-state index contributed by atoms with van der Waals surface area (Å²) in [4.78, 5) is 11.6. The highest BCUT2D eigenvalue weighted by Gasteiger charge is 2.37. The lowest BCUT2D eigenvalue weighted by Gasteiger charge is -2.19. The molecule has 0 spiro atoms. The number of sulfonamides is 1. The van der Waals surface area contributed by atoms with Gasteiger partial charge in [-0.2, -0.15) is 0 Å². The lowest BCUT2D eigenvalue weighted by molar-refractivity contribution is 0.0596. The molecule has 0 radical (unpaired) electrons. The Kier molecular flexibility index (Phi) is 4.25. The molecule has 1 saturated carbocycles. The Morgan fingerprint density at radius 2 is 2.10 bits per heavy atom. The number of rotatable bonds is 5. The zero-order valence-corrected chi connectivity index (χ0v) is 13.2. The van der Waals surface area contributed by atoms with Crippen LogP contribution in [0.15, 0.2) is 23.1 Å². The quantitative estimate of drug-likeness (QED) is 0.654. The Labute approximate surface area is 124 Å². The zero-order chi connectivity index (χ0) is 15.8. The van der Waals surface area contributed by atoms with Gasteiger partial charge in [0.25, 0.3) is 0 Å². The number of ether oxygens (including phenoxy) is 1. The molecule has 1 aromatic rings. The Balaban J connectivity index is 2.38. The monoisotopic (exact) mass is 312 g/mol. The van der Waals surface area contributed by atoms with E-state index >= 15 is 0 Å². The first-order valence-electron chi connectivity index (χ1n) is 6.71. The van der Waals surface area contributed by atoms with E-state index in [1.54, 1.807) is 0 Å². The van der Waals surface area contributed by atoms with Crippen molar-refractivity contribution in [2.24, 2.45) is 11.8 Å². The van der Waals surface area contributed by atoms with Gasteiger partial charge in [0, 0.05) is 19.3 Å². The number of nitrogen functional groups attached to an aromatic ring is 1. The van der Waals surface area contributed by atoms with E-state index in [1.807, 2.05) is 0 Å². The molecule has 21 heavy (non-hydrogen) atoms. The molecule has 116 valence electrons. The molecule has 1 aliphatic carbocycles. The Bertz CT molecular complexity index is 657. The van der Waals surface area contributed by atoms with Gasteiger partial charge in [0.2, 0.25) is 10.0 Å². The second kappa shape index (κ2) is 5.65. The topological polar surface area (TPSA) is 89.7 Å². The molecule has 1 aromatic carbocycles. The minimum Gasteiger partial charge on any atom is -0.465 e. The number of hydrogen-bond acceptors (Lipinski definition) is 5. The molecule has 0 saturated heterocycles. The van der Waals surface area contributed by atoms with Crippen molar-refractivity contribution in [3.05, 3.63) is 23.8 Å². The fourth-order valence-corrected chi connectivity index (χ4v) is 3.72. The van der Waals surface area contributed by atoms with E-state index in [0.29, 0.717) is 18.4 Å². The summed E-state index contributed by atoms with van der Waals surface area (Å²) in [6.07, 6.45) is 1.03. The van der Waals surface area contributed by atoms with Crippen LogP contribution in [0.2, 0.25) is 0 Å². The first-order chi connectivity index (χ1) is 9.77. The van der Waals surface area contributed by atoms with Gasteiger partial charge in [-0.15, -0.1) is 0 Å². The number of nitrogens with zero attached hydrogens (tertiary/aromatic N) is 1. The second-order valence-electron chi connectivity index (χ2n) is 5.51. The number of carbonyl (C=O) groups excluding carboxylic acids is 1. The van der Waals surface area contributed by atoms with Crippen LogP contribution in [0.25, 0.3) is 0 Å². The lowest BCUT2D eigenvalue weighted by Crippen LogP contribution is -2.30. The highest BCUT2D eigenvalue weighted by molar-refractivity contribution is 7.89. The fourth-order valence-electron chi connectivity index (χ4n) is 2.28. The molecule has 1 aliphatic rings. The largest absolute Gasteiger partial charge is 0.465 e. The van der Waals surface area contributed by atoms with E-state index in [0.717, 1.165) is 6.42 Å². The molecule has 2 N–H and O–H groups in total. The minimum absolute atomic E-state index is 0.00222. The van der Waals surface area contributed by atoms with Crippen molar-refractivity contribution >= 4 is 21.7 Å². The van der Waals surface area contributed by atoms with Crippen molar-refractivity contribution in [2.75, 3.05) is 26.4 Å². The van der Waals surface area contributed by atoms with Crippen LogP contribution in [-0.2, 0) is 14.8 Å². The molecule has 2 atom stereocenters. The molecular weight excluding hydrogens is 292 g/mol. The summed E-state index contributed by atoms with van der Waals surface area (Å²) in [7, 11) is -1.04. The molecule has 0 amide bonds. The molecule has 1 fully saturated rings. The summed E-state index contributed by atoms with van der Waals surface area (Å²) < 4.78 is 31.2. The number of carbonyl (C=O) groups is 1. The lowest BCUT2D eigenvalue weighted by atomic mass is 10.2. The SMILES string of the molecule is COC(=O)c1ccc(N)cc1S(=O)(=O)N(C)CC1CC1C. The predicted octanol–water partition coefficient (Wildman–Crippen LogP) is 1.33. The Morgan fingerprint density at radius 3 is 2.62 bits per heavy atom. The summed E-state index contributed by atoms with van der Waals surface area (Å²) in [6.45, 7) is 2.53. The number of esters is 1. The maximum Gasteiger partial charge on any atom is 0.339 e. The van der Waals surface area contributed by atoms with E-state index in [4.69, 9.17) is 5.73 Å².